The number of hydrogen-bond donors (Lipinski definition) is 0. The van der Waals surface area contributed by atoms with Crippen molar-refractivity contribution in [1.82, 2.24) is 0 Å². The lowest BCUT2D eigenvalue weighted by Gasteiger charge is -2.39. The molecule has 1 atom stereocenters. The molecule has 30 heavy (non-hydrogen) atoms. The number of alkyl halides is 1. The molecule has 0 spiro atoms. The Morgan fingerprint density at radius 2 is 1.60 bits per heavy atom. The smallest absolute Gasteiger partial charge is 0.317 e. The van der Waals surface area contributed by atoms with E-state index in [1.165, 1.54) is 35.1 Å². The van der Waals surface area contributed by atoms with Crippen LogP contribution in [0, 0.1) is 0 Å². The zero-order chi connectivity index (χ0) is 21.4. The third kappa shape index (κ3) is 5.33. The first-order chi connectivity index (χ1) is 14.6. The summed E-state index contributed by atoms with van der Waals surface area (Å²) in [4.78, 5) is 12.5. The summed E-state index contributed by atoms with van der Waals surface area (Å²) in [5, 5.41) is 0. The van der Waals surface area contributed by atoms with E-state index in [4.69, 9.17) is 16.3 Å². The topological polar surface area (TPSA) is 26.3 Å². The molecule has 0 N–H and O–H groups in total. The minimum atomic E-state index is -0.759. The number of rotatable bonds is 10. The molecule has 0 fully saturated rings. The molecule has 0 bridgehead atoms. The Hall–Kier alpha value is -2.10. The number of hydrogen-bond acceptors (Lipinski definition) is 2. The van der Waals surface area contributed by atoms with E-state index in [-0.39, 0.29) is 5.97 Å². The number of halogens is 1. The van der Waals surface area contributed by atoms with Gasteiger partial charge in [-0.05, 0) is 35.2 Å². The van der Waals surface area contributed by atoms with E-state index >= 15 is 0 Å². The molecule has 1 aliphatic rings. The fraction of sp³-hybridized carbons (Fsp3) is 0.423. The van der Waals surface area contributed by atoms with Crippen molar-refractivity contribution in [3.63, 3.8) is 0 Å². The highest BCUT2D eigenvalue weighted by Gasteiger charge is 2.41. The third-order valence-corrected chi connectivity index (χ3v) is 6.43. The Bertz CT molecular complexity index is 816. The van der Waals surface area contributed by atoms with Crippen LogP contribution in [-0.4, -0.2) is 22.7 Å². The summed E-state index contributed by atoms with van der Waals surface area (Å²) in [5.41, 5.74) is 4.12. The summed E-state index contributed by atoms with van der Waals surface area (Å²) in [6.45, 7) is 8.16. The van der Waals surface area contributed by atoms with Gasteiger partial charge in [0, 0.05) is 17.5 Å². The maximum Gasteiger partial charge on any atom is 0.317 e. The zero-order valence-corrected chi connectivity index (χ0v) is 18.7. The summed E-state index contributed by atoms with van der Waals surface area (Å²) in [7, 11) is 0. The van der Waals surface area contributed by atoms with Crippen LogP contribution in [0.3, 0.4) is 0 Å². The van der Waals surface area contributed by atoms with E-state index in [1.807, 2.05) is 6.08 Å². The summed E-state index contributed by atoms with van der Waals surface area (Å²) < 4.78 is 6.21. The lowest BCUT2D eigenvalue weighted by Crippen LogP contribution is -2.53. The zero-order valence-electron chi connectivity index (χ0n) is 18.0. The monoisotopic (exact) mass is 426 g/mol. The lowest BCUT2D eigenvalue weighted by atomic mass is 9.97. The van der Waals surface area contributed by atoms with Crippen LogP contribution < -0.4 is 0 Å². The number of unbranched alkanes of at least 4 members (excludes halogenated alkanes) is 4. The van der Waals surface area contributed by atoms with Gasteiger partial charge in [-0.2, -0.15) is 0 Å². The minimum absolute atomic E-state index is 0.209. The van der Waals surface area contributed by atoms with E-state index in [0.717, 1.165) is 19.3 Å². The molecule has 2 aromatic carbocycles. The van der Waals surface area contributed by atoms with Crippen molar-refractivity contribution >= 4 is 17.6 Å². The van der Waals surface area contributed by atoms with Gasteiger partial charge in [0.15, 0.2) is 0 Å². The fourth-order valence-electron chi connectivity index (χ4n) is 4.34. The van der Waals surface area contributed by atoms with Crippen LogP contribution in [0.2, 0.25) is 0 Å². The third-order valence-electron chi connectivity index (χ3n) is 5.93. The summed E-state index contributed by atoms with van der Waals surface area (Å²) in [5.74, 6) is -0.209. The van der Waals surface area contributed by atoms with Gasteiger partial charge in [0.25, 0.3) is 0 Å². The minimum Gasteiger partial charge on any atom is -0.398 e. The first-order valence-electron chi connectivity index (χ1n) is 11.1. The van der Waals surface area contributed by atoms with Crippen molar-refractivity contribution in [1.29, 1.82) is 0 Å². The SMILES string of the molecule is C=CC[N+]1(C(Cl)OC(=O)CCCCCCC)Cc2ccccc2-c2ccccc2C1. The van der Waals surface area contributed by atoms with E-state index in [9.17, 15) is 4.79 Å². The Morgan fingerprint density at radius 1 is 1.03 bits per heavy atom. The molecule has 0 aliphatic carbocycles. The second-order valence-electron chi connectivity index (χ2n) is 8.27. The van der Waals surface area contributed by atoms with Crippen LogP contribution in [0.5, 0.6) is 0 Å². The summed E-state index contributed by atoms with van der Waals surface area (Å²) in [6.07, 6.45) is 7.79. The highest BCUT2D eigenvalue weighted by atomic mass is 35.5. The maximum atomic E-state index is 12.5. The van der Waals surface area contributed by atoms with Crippen LogP contribution in [0.1, 0.15) is 56.6 Å². The lowest BCUT2D eigenvalue weighted by molar-refractivity contribution is -0.975. The number of benzene rings is 2. The first-order valence-corrected chi connectivity index (χ1v) is 11.5. The van der Waals surface area contributed by atoms with Crippen molar-refractivity contribution in [3.8, 4) is 11.1 Å². The summed E-state index contributed by atoms with van der Waals surface area (Å²) in [6, 6.07) is 16.9. The van der Waals surface area contributed by atoms with E-state index in [0.29, 0.717) is 30.5 Å². The van der Waals surface area contributed by atoms with Gasteiger partial charge >= 0.3 is 11.7 Å². The number of ether oxygens (including phenoxy) is 1. The average molecular weight is 427 g/mol. The molecule has 2 aromatic rings. The van der Waals surface area contributed by atoms with Crippen LogP contribution in [0.25, 0.3) is 11.1 Å². The molecular formula is C26H33ClNO2+. The van der Waals surface area contributed by atoms with Gasteiger partial charge in [-0.3, -0.25) is 9.28 Å². The molecule has 3 nitrogen and oxygen atoms in total. The molecule has 0 amide bonds. The second kappa shape index (κ2) is 10.8. The highest BCUT2D eigenvalue weighted by molar-refractivity contribution is 6.19. The van der Waals surface area contributed by atoms with E-state index < -0.39 is 5.69 Å². The van der Waals surface area contributed by atoms with E-state index in [1.54, 1.807) is 0 Å². The maximum absolute atomic E-state index is 12.5. The molecule has 1 heterocycles. The molecule has 0 saturated heterocycles. The van der Waals surface area contributed by atoms with Crippen LogP contribution in [0.4, 0.5) is 0 Å². The predicted octanol–water partition coefficient (Wildman–Crippen LogP) is 6.80. The number of fused-ring (bicyclic) bond motifs is 3. The average Bonchev–Trinajstić information content (AvgIpc) is 2.88. The molecule has 1 unspecified atom stereocenters. The Balaban J connectivity index is 1.81. The van der Waals surface area contributed by atoms with Crippen LogP contribution in [0.15, 0.2) is 61.2 Å². The first kappa shape index (κ1) is 22.6. The van der Waals surface area contributed by atoms with Gasteiger partial charge in [0.2, 0.25) is 0 Å². The summed E-state index contributed by atoms with van der Waals surface area (Å²) >= 11 is 6.84. The largest absolute Gasteiger partial charge is 0.398 e. The normalized spacial score (nSPS) is 15.4. The second-order valence-corrected chi connectivity index (χ2v) is 8.64. The number of nitrogens with zero attached hydrogens (tertiary/aromatic N) is 1. The van der Waals surface area contributed by atoms with Gasteiger partial charge in [-0.25, -0.2) is 0 Å². The molecule has 0 aromatic heterocycles. The van der Waals surface area contributed by atoms with Gasteiger partial charge in [-0.15, -0.1) is 0 Å². The van der Waals surface area contributed by atoms with E-state index in [2.05, 4.69) is 62.0 Å². The molecule has 0 saturated carbocycles. The van der Waals surface area contributed by atoms with Gasteiger partial charge in [-0.1, -0.05) is 87.7 Å². The van der Waals surface area contributed by atoms with Crippen molar-refractivity contribution in [2.75, 3.05) is 6.54 Å². The number of carbonyl (C=O) groups is 1. The van der Waals surface area contributed by atoms with Crippen molar-refractivity contribution in [2.45, 2.75) is 64.2 Å². The fourth-order valence-corrected chi connectivity index (χ4v) is 4.66. The quantitative estimate of drug-likeness (QED) is 0.104. The van der Waals surface area contributed by atoms with Crippen molar-refractivity contribution in [2.24, 2.45) is 0 Å². The van der Waals surface area contributed by atoms with Gasteiger partial charge < -0.3 is 4.74 Å². The highest BCUT2D eigenvalue weighted by Crippen LogP contribution is 2.38. The molecule has 0 radical (unpaired) electrons. The predicted molar refractivity (Wildman–Crippen MR) is 124 cm³/mol. The number of carbonyl (C=O) groups excluding carboxylic acids is 1. The Kier molecular flexibility index (Phi) is 8.12. The van der Waals surface area contributed by atoms with Crippen molar-refractivity contribution in [3.05, 3.63) is 72.3 Å². The number of quaternary nitrogens is 1. The molecular weight excluding hydrogens is 394 g/mol. The molecule has 4 heteroatoms. The Morgan fingerprint density at radius 3 is 2.17 bits per heavy atom. The molecule has 1 aliphatic heterocycles. The van der Waals surface area contributed by atoms with Gasteiger partial charge in [0.1, 0.15) is 19.6 Å². The molecule has 3 rings (SSSR count). The van der Waals surface area contributed by atoms with Crippen LogP contribution >= 0.6 is 11.6 Å². The standard InChI is InChI=1S/C26H33ClNO2/c1-3-5-6-7-8-17-25(29)30-26(27)28(18-4-2)19-21-13-9-11-15-23(21)24-16-12-10-14-22(24)20-28/h4,9-16,26H,2-3,5-8,17-20H2,1H3/q+1. The molecule has 160 valence electrons. The van der Waals surface area contributed by atoms with Crippen LogP contribution in [-0.2, 0) is 22.6 Å². The number of esters is 1. The van der Waals surface area contributed by atoms with Gasteiger partial charge in [0.05, 0.1) is 0 Å². The Labute approximate surface area is 185 Å². The van der Waals surface area contributed by atoms with Crippen molar-refractivity contribution < 1.29 is 14.0 Å².